The van der Waals surface area contributed by atoms with Gasteiger partial charge in [-0.3, -0.25) is 19.3 Å². The van der Waals surface area contributed by atoms with Gasteiger partial charge in [-0.05, 0) is 37.5 Å². The molecule has 1 aliphatic heterocycles. The molecule has 8 heteroatoms. The van der Waals surface area contributed by atoms with E-state index in [4.69, 9.17) is 4.74 Å². The van der Waals surface area contributed by atoms with Crippen LogP contribution in [0.15, 0.2) is 36.8 Å². The van der Waals surface area contributed by atoms with Gasteiger partial charge < -0.3 is 15.0 Å². The summed E-state index contributed by atoms with van der Waals surface area (Å²) in [5, 5.41) is 7.23. The van der Waals surface area contributed by atoms with Crippen molar-refractivity contribution in [2.45, 2.75) is 25.3 Å². The lowest BCUT2D eigenvalue weighted by molar-refractivity contribution is -0.133. The SMILES string of the molecule is COCCNC(=O)C1(n2cccn2)CCN(C(=O)c2ccc(C)cn2)CC1. The third-order valence-electron chi connectivity index (χ3n) is 4.97. The highest BCUT2D eigenvalue weighted by atomic mass is 16.5. The molecule has 0 radical (unpaired) electrons. The lowest BCUT2D eigenvalue weighted by Gasteiger charge is -2.40. The molecular weight excluding hydrogens is 346 g/mol. The Morgan fingerprint density at radius 1 is 1.30 bits per heavy atom. The topological polar surface area (TPSA) is 89.4 Å². The maximum Gasteiger partial charge on any atom is 0.272 e. The van der Waals surface area contributed by atoms with Crippen LogP contribution in [0, 0.1) is 6.92 Å². The van der Waals surface area contributed by atoms with Gasteiger partial charge in [-0.15, -0.1) is 0 Å². The van der Waals surface area contributed by atoms with Crippen molar-refractivity contribution in [1.82, 2.24) is 25.0 Å². The summed E-state index contributed by atoms with van der Waals surface area (Å²) in [7, 11) is 1.60. The van der Waals surface area contributed by atoms with Gasteiger partial charge in [0.05, 0.1) is 6.61 Å². The maximum atomic E-state index is 12.9. The Balaban J connectivity index is 1.73. The van der Waals surface area contributed by atoms with Crippen LogP contribution in [0.2, 0.25) is 0 Å². The highest BCUT2D eigenvalue weighted by Gasteiger charge is 2.44. The summed E-state index contributed by atoms with van der Waals surface area (Å²) in [6.07, 6.45) is 6.14. The van der Waals surface area contributed by atoms with Gasteiger partial charge in [0.2, 0.25) is 5.91 Å². The Kier molecular flexibility index (Phi) is 5.85. The van der Waals surface area contributed by atoms with Crippen LogP contribution in [0.4, 0.5) is 0 Å². The zero-order chi connectivity index (χ0) is 19.3. The lowest BCUT2D eigenvalue weighted by atomic mass is 9.86. The summed E-state index contributed by atoms with van der Waals surface area (Å²) in [6.45, 7) is 3.75. The van der Waals surface area contributed by atoms with Crippen molar-refractivity contribution in [3.05, 3.63) is 48.0 Å². The minimum atomic E-state index is -0.797. The van der Waals surface area contributed by atoms with Crippen molar-refractivity contribution in [1.29, 1.82) is 0 Å². The molecule has 1 N–H and O–H groups in total. The zero-order valence-electron chi connectivity index (χ0n) is 15.7. The fourth-order valence-corrected chi connectivity index (χ4v) is 3.35. The molecule has 0 atom stereocenters. The molecule has 8 nitrogen and oxygen atoms in total. The van der Waals surface area contributed by atoms with Gasteiger partial charge in [0.1, 0.15) is 11.2 Å². The van der Waals surface area contributed by atoms with Gasteiger partial charge in [-0.25, -0.2) is 0 Å². The molecule has 0 saturated carbocycles. The molecule has 2 aromatic heterocycles. The third kappa shape index (κ3) is 4.00. The molecule has 0 spiro atoms. The average Bonchev–Trinajstić information content (AvgIpc) is 3.23. The number of rotatable bonds is 6. The van der Waals surface area contributed by atoms with Gasteiger partial charge in [0.25, 0.3) is 5.91 Å². The van der Waals surface area contributed by atoms with Gasteiger partial charge in [-0.2, -0.15) is 5.10 Å². The van der Waals surface area contributed by atoms with E-state index in [0.29, 0.717) is 44.8 Å². The Hall–Kier alpha value is -2.74. The molecule has 1 saturated heterocycles. The molecule has 27 heavy (non-hydrogen) atoms. The first-order chi connectivity index (χ1) is 13.1. The van der Waals surface area contributed by atoms with Crippen LogP contribution in [-0.4, -0.2) is 64.8 Å². The molecule has 0 aliphatic carbocycles. The van der Waals surface area contributed by atoms with E-state index in [1.165, 1.54) is 0 Å². The zero-order valence-corrected chi connectivity index (χ0v) is 15.7. The summed E-state index contributed by atoms with van der Waals surface area (Å²) in [6, 6.07) is 5.42. The molecule has 144 valence electrons. The number of hydrogen-bond acceptors (Lipinski definition) is 5. The van der Waals surface area contributed by atoms with Crippen molar-refractivity contribution < 1.29 is 14.3 Å². The van der Waals surface area contributed by atoms with Crippen molar-refractivity contribution in [2.75, 3.05) is 33.4 Å². The Morgan fingerprint density at radius 2 is 2.07 bits per heavy atom. The van der Waals surface area contributed by atoms with E-state index in [9.17, 15) is 9.59 Å². The fourth-order valence-electron chi connectivity index (χ4n) is 3.35. The Bertz CT molecular complexity index is 765. The largest absolute Gasteiger partial charge is 0.383 e. The van der Waals surface area contributed by atoms with Crippen molar-refractivity contribution in [3.8, 4) is 0 Å². The maximum absolute atomic E-state index is 12.9. The minimum Gasteiger partial charge on any atom is -0.383 e. The second-order valence-electron chi connectivity index (χ2n) is 6.74. The van der Waals surface area contributed by atoms with Gasteiger partial charge >= 0.3 is 0 Å². The average molecular weight is 371 g/mol. The van der Waals surface area contributed by atoms with Crippen molar-refractivity contribution >= 4 is 11.8 Å². The van der Waals surface area contributed by atoms with Crippen LogP contribution < -0.4 is 5.32 Å². The van der Waals surface area contributed by atoms with E-state index in [2.05, 4.69) is 15.4 Å². The lowest BCUT2D eigenvalue weighted by Crippen LogP contribution is -2.56. The van der Waals surface area contributed by atoms with Crippen LogP contribution in [0.3, 0.4) is 0 Å². The number of aryl methyl sites for hydroxylation is 1. The first-order valence-corrected chi connectivity index (χ1v) is 9.06. The quantitative estimate of drug-likeness (QED) is 0.765. The summed E-state index contributed by atoms with van der Waals surface area (Å²) in [4.78, 5) is 31.6. The highest BCUT2D eigenvalue weighted by Crippen LogP contribution is 2.30. The van der Waals surface area contributed by atoms with E-state index < -0.39 is 5.54 Å². The molecule has 0 aromatic carbocycles. The first-order valence-electron chi connectivity index (χ1n) is 9.06. The van der Waals surface area contributed by atoms with Crippen molar-refractivity contribution in [2.24, 2.45) is 0 Å². The predicted octanol–water partition coefficient (Wildman–Crippen LogP) is 0.981. The minimum absolute atomic E-state index is 0.0937. The van der Waals surface area contributed by atoms with E-state index in [1.807, 2.05) is 13.0 Å². The summed E-state index contributed by atoms with van der Waals surface area (Å²) in [5.41, 5.74) is 0.640. The summed E-state index contributed by atoms with van der Waals surface area (Å²) in [5.74, 6) is -0.201. The molecule has 2 aromatic rings. The molecule has 2 amide bonds. The fraction of sp³-hybridized carbons (Fsp3) is 0.474. The standard InChI is InChI=1S/C19H25N5O3/c1-15-4-5-16(21-14-15)17(25)23-11-6-19(7-12-23,24-10-3-8-22-24)18(26)20-9-13-27-2/h3-5,8,10,14H,6-7,9,11-13H2,1-2H3,(H,20,26). The molecule has 3 heterocycles. The number of carbonyl (C=O) groups is 2. The van der Waals surface area contributed by atoms with E-state index in [-0.39, 0.29) is 11.8 Å². The second-order valence-corrected chi connectivity index (χ2v) is 6.74. The Labute approximate surface area is 158 Å². The Morgan fingerprint density at radius 3 is 2.67 bits per heavy atom. The van der Waals surface area contributed by atoms with Crippen LogP contribution in [0.1, 0.15) is 28.9 Å². The summed E-state index contributed by atoms with van der Waals surface area (Å²) >= 11 is 0. The number of aromatic nitrogens is 3. The number of piperidine rings is 1. The number of methoxy groups -OCH3 is 1. The number of hydrogen-bond donors (Lipinski definition) is 1. The second kappa shape index (κ2) is 8.30. The van der Waals surface area contributed by atoms with Crippen molar-refractivity contribution in [3.63, 3.8) is 0 Å². The predicted molar refractivity (Wildman–Crippen MR) is 99.2 cm³/mol. The van der Waals surface area contributed by atoms with Crippen LogP contribution in [0.25, 0.3) is 0 Å². The van der Waals surface area contributed by atoms with E-state index in [0.717, 1.165) is 5.56 Å². The number of amides is 2. The van der Waals surface area contributed by atoms with Crippen LogP contribution >= 0.6 is 0 Å². The number of pyridine rings is 1. The molecule has 0 unspecified atom stereocenters. The van der Waals surface area contributed by atoms with Crippen LogP contribution in [-0.2, 0) is 15.1 Å². The molecule has 1 fully saturated rings. The molecule has 1 aliphatic rings. The number of nitrogens with one attached hydrogen (secondary N) is 1. The van der Waals surface area contributed by atoms with Gasteiger partial charge in [-0.1, -0.05) is 6.07 Å². The molecule has 0 bridgehead atoms. The number of ether oxygens (including phenoxy) is 1. The summed E-state index contributed by atoms with van der Waals surface area (Å²) < 4.78 is 6.72. The normalized spacial score (nSPS) is 16.1. The third-order valence-corrected chi connectivity index (χ3v) is 4.97. The monoisotopic (exact) mass is 371 g/mol. The van der Waals surface area contributed by atoms with Gasteiger partial charge in [0.15, 0.2) is 0 Å². The molecular formula is C19H25N5O3. The van der Waals surface area contributed by atoms with E-state index in [1.54, 1.807) is 47.4 Å². The smallest absolute Gasteiger partial charge is 0.272 e. The number of nitrogens with zero attached hydrogens (tertiary/aromatic N) is 4. The van der Waals surface area contributed by atoms with Crippen LogP contribution in [0.5, 0.6) is 0 Å². The number of likely N-dealkylation sites (tertiary alicyclic amines) is 1. The van der Waals surface area contributed by atoms with E-state index >= 15 is 0 Å². The first kappa shape index (κ1) is 19.0. The molecule has 3 rings (SSSR count). The highest BCUT2D eigenvalue weighted by molar-refractivity contribution is 5.92. The van der Waals surface area contributed by atoms with Gasteiger partial charge in [0, 0.05) is 45.3 Å². The number of carbonyl (C=O) groups excluding carboxylic acids is 2.